The standard InChI is InChI=1S/C18H20N2/c1-12-10-13(2)18(17-7-5-9-20-17)15(11-12)14(3)16-6-4-8-19-16/h4-11,14,19-20H,1-3H3. The number of benzene rings is 1. The third-order valence-corrected chi connectivity index (χ3v) is 3.93. The van der Waals surface area contributed by atoms with Crippen LogP contribution in [0, 0.1) is 13.8 Å². The molecule has 3 aromatic rings. The Morgan fingerprint density at radius 3 is 2.35 bits per heavy atom. The molecule has 20 heavy (non-hydrogen) atoms. The molecule has 2 nitrogen and oxygen atoms in total. The third kappa shape index (κ3) is 2.18. The van der Waals surface area contributed by atoms with Gasteiger partial charge in [0.15, 0.2) is 0 Å². The highest BCUT2D eigenvalue weighted by molar-refractivity contribution is 5.70. The summed E-state index contributed by atoms with van der Waals surface area (Å²) in [5.41, 5.74) is 7.76. The summed E-state index contributed by atoms with van der Waals surface area (Å²) in [4.78, 5) is 6.68. The summed E-state index contributed by atoms with van der Waals surface area (Å²) in [6.07, 6.45) is 3.97. The van der Waals surface area contributed by atoms with Crippen molar-refractivity contribution in [2.45, 2.75) is 26.7 Å². The molecule has 0 aliphatic heterocycles. The lowest BCUT2D eigenvalue weighted by atomic mass is 9.87. The van der Waals surface area contributed by atoms with Crippen LogP contribution in [0.2, 0.25) is 0 Å². The molecule has 0 amide bonds. The van der Waals surface area contributed by atoms with Crippen LogP contribution in [0.25, 0.3) is 11.3 Å². The van der Waals surface area contributed by atoms with Gasteiger partial charge in [0.25, 0.3) is 0 Å². The maximum atomic E-state index is 3.34. The summed E-state index contributed by atoms with van der Waals surface area (Å²) in [5.74, 6) is 0.349. The minimum absolute atomic E-state index is 0.349. The van der Waals surface area contributed by atoms with Gasteiger partial charge in [0.1, 0.15) is 0 Å². The number of hydrogen-bond acceptors (Lipinski definition) is 0. The summed E-state index contributed by atoms with van der Waals surface area (Å²) in [6, 6.07) is 13.0. The first-order valence-corrected chi connectivity index (χ1v) is 7.05. The van der Waals surface area contributed by atoms with E-state index in [9.17, 15) is 0 Å². The number of aromatic amines is 2. The molecule has 0 saturated carbocycles. The zero-order chi connectivity index (χ0) is 14.1. The van der Waals surface area contributed by atoms with Crippen molar-refractivity contribution in [2.24, 2.45) is 0 Å². The number of H-pyrrole nitrogens is 2. The first-order valence-electron chi connectivity index (χ1n) is 7.05. The lowest BCUT2D eigenvalue weighted by molar-refractivity contribution is 0.881. The number of nitrogens with one attached hydrogen (secondary N) is 2. The van der Waals surface area contributed by atoms with Crippen LogP contribution in [-0.4, -0.2) is 9.97 Å². The topological polar surface area (TPSA) is 31.6 Å². The second-order valence-electron chi connectivity index (χ2n) is 5.48. The van der Waals surface area contributed by atoms with E-state index in [2.05, 4.69) is 67.1 Å². The highest BCUT2D eigenvalue weighted by Gasteiger charge is 2.17. The van der Waals surface area contributed by atoms with Crippen LogP contribution >= 0.6 is 0 Å². The third-order valence-electron chi connectivity index (χ3n) is 3.93. The molecule has 0 saturated heterocycles. The molecule has 0 aliphatic rings. The molecule has 0 fully saturated rings. The van der Waals surface area contributed by atoms with E-state index < -0.39 is 0 Å². The fourth-order valence-corrected chi connectivity index (χ4v) is 2.98. The minimum Gasteiger partial charge on any atom is -0.364 e. The largest absolute Gasteiger partial charge is 0.364 e. The highest BCUT2D eigenvalue weighted by Crippen LogP contribution is 2.35. The van der Waals surface area contributed by atoms with Crippen LogP contribution in [0.5, 0.6) is 0 Å². The molecule has 1 unspecified atom stereocenters. The smallest absolute Gasteiger partial charge is 0.0459 e. The average Bonchev–Trinajstić information content (AvgIpc) is 3.10. The van der Waals surface area contributed by atoms with Crippen molar-refractivity contribution in [3.8, 4) is 11.3 Å². The van der Waals surface area contributed by atoms with Gasteiger partial charge >= 0.3 is 0 Å². The van der Waals surface area contributed by atoms with Crippen LogP contribution in [0.4, 0.5) is 0 Å². The first kappa shape index (κ1) is 12.8. The van der Waals surface area contributed by atoms with Gasteiger partial charge in [0.05, 0.1) is 0 Å². The summed E-state index contributed by atoms with van der Waals surface area (Å²) >= 11 is 0. The second-order valence-corrected chi connectivity index (χ2v) is 5.48. The number of hydrogen-bond donors (Lipinski definition) is 2. The summed E-state index contributed by atoms with van der Waals surface area (Å²) in [6.45, 7) is 6.61. The van der Waals surface area contributed by atoms with E-state index in [0.29, 0.717) is 5.92 Å². The van der Waals surface area contributed by atoms with E-state index in [1.165, 1.54) is 33.6 Å². The van der Waals surface area contributed by atoms with Gasteiger partial charge in [0.2, 0.25) is 0 Å². The van der Waals surface area contributed by atoms with Gasteiger partial charge in [0, 0.05) is 35.3 Å². The second kappa shape index (κ2) is 5.04. The van der Waals surface area contributed by atoms with Gasteiger partial charge < -0.3 is 9.97 Å². The normalized spacial score (nSPS) is 12.6. The van der Waals surface area contributed by atoms with E-state index in [1.807, 2.05) is 12.4 Å². The minimum atomic E-state index is 0.349. The van der Waals surface area contributed by atoms with E-state index in [0.717, 1.165) is 0 Å². The van der Waals surface area contributed by atoms with Crippen LogP contribution in [0.15, 0.2) is 48.8 Å². The maximum Gasteiger partial charge on any atom is 0.0459 e. The Labute approximate surface area is 119 Å². The van der Waals surface area contributed by atoms with Gasteiger partial charge in [-0.2, -0.15) is 0 Å². The molecular weight excluding hydrogens is 244 g/mol. The van der Waals surface area contributed by atoms with Gasteiger partial charge in [-0.05, 0) is 49.2 Å². The number of aryl methyl sites for hydroxylation is 2. The maximum absolute atomic E-state index is 3.34. The van der Waals surface area contributed by atoms with Crippen LogP contribution < -0.4 is 0 Å². The van der Waals surface area contributed by atoms with Gasteiger partial charge in [-0.1, -0.05) is 24.6 Å². The fraction of sp³-hybridized carbons (Fsp3) is 0.222. The Kier molecular flexibility index (Phi) is 3.23. The van der Waals surface area contributed by atoms with E-state index in [-0.39, 0.29) is 0 Å². The van der Waals surface area contributed by atoms with E-state index in [4.69, 9.17) is 0 Å². The molecule has 3 rings (SSSR count). The SMILES string of the molecule is Cc1cc(C)c(-c2ccc[nH]2)c(C(C)c2ccc[nH]2)c1. The van der Waals surface area contributed by atoms with Crippen LogP contribution in [0.3, 0.4) is 0 Å². The highest BCUT2D eigenvalue weighted by atomic mass is 14.7. The zero-order valence-corrected chi connectivity index (χ0v) is 12.2. The van der Waals surface area contributed by atoms with Crippen molar-refractivity contribution in [3.05, 3.63) is 71.2 Å². The van der Waals surface area contributed by atoms with Crippen molar-refractivity contribution < 1.29 is 0 Å². The summed E-state index contributed by atoms with van der Waals surface area (Å²) in [7, 11) is 0. The lowest BCUT2D eigenvalue weighted by Gasteiger charge is -2.18. The Morgan fingerprint density at radius 2 is 1.70 bits per heavy atom. The molecule has 0 radical (unpaired) electrons. The Balaban J connectivity index is 2.19. The molecule has 1 aromatic carbocycles. The Bertz CT molecular complexity index is 691. The predicted octanol–water partition coefficient (Wildman–Crippen LogP) is 4.78. The molecule has 1 atom stereocenters. The first-order chi connectivity index (χ1) is 9.66. The van der Waals surface area contributed by atoms with Gasteiger partial charge in [-0.25, -0.2) is 0 Å². The average molecular weight is 264 g/mol. The van der Waals surface area contributed by atoms with E-state index >= 15 is 0 Å². The summed E-state index contributed by atoms with van der Waals surface area (Å²) < 4.78 is 0. The summed E-state index contributed by atoms with van der Waals surface area (Å²) in [5, 5.41) is 0. The fourth-order valence-electron chi connectivity index (χ4n) is 2.98. The van der Waals surface area contributed by atoms with Crippen molar-refractivity contribution >= 4 is 0 Å². The Morgan fingerprint density at radius 1 is 0.950 bits per heavy atom. The van der Waals surface area contributed by atoms with Gasteiger partial charge in [-0.15, -0.1) is 0 Å². The molecule has 0 spiro atoms. The molecule has 2 heteroatoms. The quantitative estimate of drug-likeness (QED) is 0.682. The zero-order valence-electron chi connectivity index (χ0n) is 12.2. The molecule has 0 bridgehead atoms. The van der Waals surface area contributed by atoms with Crippen molar-refractivity contribution in [3.63, 3.8) is 0 Å². The molecule has 2 N–H and O–H groups in total. The number of aromatic nitrogens is 2. The van der Waals surface area contributed by atoms with Crippen LogP contribution in [0.1, 0.15) is 35.2 Å². The molecule has 2 heterocycles. The van der Waals surface area contributed by atoms with E-state index in [1.54, 1.807) is 0 Å². The molecule has 102 valence electrons. The predicted molar refractivity (Wildman–Crippen MR) is 84.0 cm³/mol. The van der Waals surface area contributed by atoms with Crippen LogP contribution in [-0.2, 0) is 0 Å². The number of rotatable bonds is 3. The monoisotopic (exact) mass is 264 g/mol. The van der Waals surface area contributed by atoms with Gasteiger partial charge in [-0.3, -0.25) is 0 Å². The van der Waals surface area contributed by atoms with Crippen molar-refractivity contribution in [1.29, 1.82) is 0 Å². The van der Waals surface area contributed by atoms with Crippen molar-refractivity contribution in [1.82, 2.24) is 9.97 Å². The molecule has 2 aromatic heterocycles. The molecule has 0 aliphatic carbocycles. The lowest BCUT2D eigenvalue weighted by Crippen LogP contribution is -2.02. The van der Waals surface area contributed by atoms with Crippen molar-refractivity contribution in [2.75, 3.05) is 0 Å². The molecular formula is C18H20N2. The Hall–Kier alpha value is -2.22.